The van der Waals surface area contributed by atoms with Crippen molar-refractivity contribution >= 4 is 17.6 Å². The Hall–Kier alpha value is -3.53. The van der Waals surface area contributed by atoms with Crippen molar-refractivity contribution in [2.24, 2.45) is 5.16 Å². The number of hydrogen-bond acceptors (Lipinski definition) is 8. The number of nitro benzene ring substituents is 2. The Morgan fingerprint density at radius 2 is 1.96 bits per heavy atom. The standard InChI is InChI=1S/C16H13N3O7/c20-18(21)14-3-1-2-11(4-14)7-17-26-9-13-6-15(19(22)23)5-12-8-24-10-25-16(12)13/h1-7H,8-10H2/b17-7-. The molecule has 10 heteroatoms. The van der Waals surface area contributed by atoms with E-state index in [-0.39, 0.29) is 31.4 Å². The van der Waals surface area contributed by atoms with E-state index in [4.69, 9.17) is 14.3 Å². The van der Waals surface area contributed by atoms with Crippen LogP contribution in [0.4, 0.5) is 11.4 Å². The molecular formula is C16H13N3O7. The van der Waals surface area contributed by atoms with Crippen LogP contribution in [0.15, 0.2) is 41.6 Å². The third kappa shape index (κ3) is 3.92. The zero-order valence-corrected chi connectivity index (χ0v) is 13.4. The first kappa shape index (κ1) is 17.3. The molecule has 0 N–H and O–H groups in total. The van der Waals surface area contributed by atoms with Crippen LogP contribution in [0, 0.1) is 20.2 Å². The summed E-state index contributed by atoms with van der Waals surface area (Å²) in [5.41, 5.74) is 1.36. The van der Waals surface area contributed by atoms with E-state index < -0.39 is 9.85 Å². The van der Waals surface area contributed by atoms with Crippen molar-refractivity contribution in [1.29, 1.82) is 0 Å². The molecule has 0 fully saturated rings. The molecule has 1 aliphatic heterocycles. The van der Waals surface area contributed by atoms with Gasteiger partial charge in [0.15, 0.2) is 6.79 Å². The number of non-ortho nitro benzene ring substituents is 2. The normalized spacial score (nSPS) is 13.1. The molecule has 3 rings (SSSR count). The van der Waals surface area contributed by atoms with Crippen molar-refractivity contribution in [2.45, 2.75) is 13.2 Å². The number of benzene rings is 2. The van der Waals surface area contributed by atoms with E-state index in [1.165, 1.54) is 36.5 Å². The van der Waals surface area contributed by atoms with Gasteiger partial charge < -0.3 is 14.3 Å². The van der Waals surface area contributed by atoms with Gasteiger partial charge in [0, 0.05) is 41.0 Å². The van der Waals surface area contributed by atoms with Crippen LogP contribution in [-0.2, 0) is 22.8 Å². The fraction of sp³-hybridized carbons (Fsp3) is 0.188. The van der Waals surface area contributed by atoms with Gasteiger partial charge in [-0.1, -0.05) is 17.3 Å². The maximum Gasteiger partial charge on any atom is 0.270 e. The summed E-state index contributed by atoms with van der Waals surface area (Å²) in [5.74, 6) is 0.479. The molecule has 1 heterocycles. The molecule has 0 aromatic heterocycles. The minimum Gasteiger partial charge on any atom is -0.467 e. The second-order valence-corrected chi connectivity index (χ2v) is 5.32. The Labute approximate surface area is 146 Å². The molecule has 0 aliphatic carbocycles. The van der Waals surface area contributed by atoms with Gasteiger partial charge in [-0.15, -0.1) is 0 Å². The number of hydrogen-bond donors (Lipinski definition) is 0. The average molecular weight is 359 g/mol. The van der Waals surface area contributed by atoms with E-state index in [0.717, 1.165) is 0 Å². The highest BCUT2D eigenvalue weighted by Gasteiger charge is 2.21. The fourth-order valence-corrected chi connectivity index (χ4v) is 2.42. The van der Waals surface area contributed by atoms with Crippen LogP contribution in [0.2, 0.25) is 0 Å². The van der Waals surface area contributed by atoms with Crippen molar-refractivity contribution in [3.8, 4) is 5.75 Å². The Morgan fingerprint density at radius 3 is 2.73 bits per heavy atom. The number of nitrogens with zero attached hydrogens (tertiary/aromatic N) is 3. The lowest BCUT2D eigenvalue weighted by atomic mass is 10.1. The van der Waals surface area contributed by atoms with Crippen molar-refractivity contribution in [1.82, 2.24) is 0 Å². The zero-order valence-electron chi connectivity index (χ0n) is 13.4. The molecule has 0 amide bonds. The molecule has 26 heavy (non-hydrogen) atoms. The SMILES string of the molecule is O=[N+]([O-])c1cccc(/C=N\OCc2cc([N+](=O)[O-])cc3c2OCOC3)c1. The van der Waals surface area contributed by atoms with Crippen molar-refractivity contribution in [3.05, 3.63) is 73.3 Å². The summed E-state index contributed by atoms with van der Waals surface area (Å²) in [4.78, 5) is 25.9. The monoisotopic (exact) mass is 359 g/mol. The van der Waals surface area contributed by atoms with E-state index in [9.17, 15) is 20.2 Å². The van der Waals surface area contributed by atoms with Gasteiger partial charge in [0.1, 0.15) is 12.4 Å². The molecule has 1 aliphatic rings. The highest BCUT2D eigenvalue weighted by atomic mass is 16.7. The van der Waals surface area contributed by atoms with Crippen LogP contribution in [0.3, 0.4) is 0 Å². The van der Waals surface area contributed by atoms with Crippen molar-refractivity contribution in [3.63, 3.8) is 0 Å². The number of nitro groups is 2. The summed E-state index contributed by atoms with van der Waals surface area (Å²) in [7, 11) is 0. The third-order valence-electron chi connectivity index (χ3n) is 3.56. The first-order valence-electron chi connectivity index (χ1n) is 7.45. The van der Waals surface area contributed by atoms with Crippen molar-refractivity contribution < 1.29 is 24.2 Å². The van der Waals surface area contributed by atoms with E-state index >= 15 is 0 Å². The van der Waals surface area contributed by atoms with Gasteiger partial charge in [-0.05, 0) is 0 Å². The van der Waals surface area contributed by atoms with Crippen LogP contribution in [0.25, 0.3) is 0 Å². The number of ether oxygens (including phenoxy) is 2. The number of fused-ring (bicyclic) bond motifs is 1. The Kier molecular flexibility index (Phi) is 5.04. The van der Waals surface area contributed by atoms with Gasteiger partial charge in [-0.3, -0.25) is 20.2 Å². The molecule has 0 unspecified atom stereocenters. The Morgan fingerprint density at radius 1 is 1.15 bits per heavy atom. The lowest BCUT2D eigenvalue weighted by molar-refractivity contribution is -0.385. The van der Waals surface area contributed by atoms with Crippen LogP contribution in [0.1, 0.15) is 16.7 Å². The first-order chi connectivity index (χ1) is 12.5. The van der Waals surface area contributed by atoms with Crippen molar-refractivity contribution in [2.75, 3.05) is 6.79 Å². The van der Waals surface area contributed by atoms with Gasteiger partial charge in [0.25, 0.3) is 11.4 Å². The number of rotatable bonds is 6. The Bertz CT molecular complexity index is 882. The fourth-order valence-electron chi connectivity index (χ4n) is 2.42. The third-order valence-corrected chi connectivity index (χ3v) is 3.56. The molecule has 134 valence electrons. The predicted molar refractivity (Wildman–Crippen MR) is 88.9 cm³/mol. The number of oxime groups is 1. The van der Waals surface area contributed by atoms with E-state index in [1.807, 2.05) is 0 Å². The molecule has 10 nitrogen and oxygen atoms in total. The summed E-state index contributed by atoms with van der Waals surface area (Å²) >= 11 is 0. The van der Waals surface area contributed by atoms with E-state index in [0.29, 0.717) is 22.4 Å². The predicted octanol–water partition coefficient (Wildman–Crippen LogP) is 2.92. The highest BCUT2D eigenvalue weighted by Crippen LogP contribution is 2.33. The summed E-state index contributed by atoms with van der Waals surface area (Å²) in [6, 6.07) is 8.63. The van der Waals surface area contributed by atoms with Gasteiger partial charge >= 0.3 is 0 Å². The van der Waals surface area contributed by atoms with Crippen LogP contribution in [0.5, 0.6) is 5.75 Å². The molecular weight excluding hydrogens is 346 g/mol. The lowest BCUT2D eigenvalue weighted by Gasteiger charge is -2.19. The second kappa shape index (κ2) is 7.57. The maximum atomic E-state index is 11.0. The van der Waals surface area contributed by atoms with E-state index in [2.05, 4.69) is 5.16 Å². The topological polar surface area (TPSA) is 126 Å². The molecule has 2 aromatic rings. The zero-order chi connectivity index (χ0) is 18.5. The van der Waals surface area contributed by atoms with Crippen LogP contribution < -0.4 is 4.74 Å². The van der Waals surface area contributed by atoms with Gasteiger partial charge in [0.2, 0.25) is 0 Å². The minimum atomic E-state index is -0.509. The highest BCUT2D eigenvalue weighted by molar-refractivity contribution is 5.80. The molecule has 0 saturated heterocycles. The summed E-state index contributed by atoms with van der Waals surface area (Å²) < 4.78 is 10.5. The molecule has 0 saturated carbocycles. The van der Waals surface area contributed by atoms with Gasteiger partial charge in [-0.25, -0.2) is 0 Å². The first-order valence-corrected chi connectivity index (χ1v) is 7.45. The van der Waals surface area contributed by atoms with Crippen LogP contribution in [-0.4, -0.2) is 22.9 Å². The molecule has 0 bridgehead atoms. The molecule has 0 spiro atoms. The van der Waals surface area contributed by atoms with Gasteiger partial charge in [0.05, 0.1) is 22.7 Å². The lowest BCUT2D eigenvalue weighted by Crippen LogP contribution is -2.13. The second-order valence-electron chi connectivity index (χ2n) is 5.32. The molecule has 2 aromatic carbocycles. The molecule has 0 radical (unpaired) electrons. The maximum absolute atomic E-state index is 11.0. The summed E-state index contributed by atoms with van der Waals surface area (Å²) in [6.07, 6.45) is 1.32. The van der Waals surface area contributed by atoms with Crippen LogP contribution >= 0.6 is 0 Å². The summed E-state index contributed by atoms with van der Waals surface area (Å²) in [6.45, 7) is 0.200. The summed E-state index contributed by atoms with van der Waals surface area (Å²) in [5, 5.41) is 25.5. The largest absolute Gasteiger partial charge is 0.467 e. The van der Waals surface area contributed by atoms with Gasteiger partial charge in [-0.2, -0.15) is 0 Å². The smallest absolute Gasteiger partial charge is 0.270 e. The minimum absolute atomic E-state index is 0.0504. The average Bonchev–Trinajstić information content (AvgIpc) is 2.65. The molecule has 0 atom stereocenters. The Balaban J connectivity index is 1.73. The quantitative estimate of drug-likeness (QED) is 0.441. The van der Waals surface area contributed by atoms with E-state index in [1.54, 1.807) is 6.07 Å².